The van der Waals surface area contributed by atoms with Gasteiger partial charge in [-0.1, -0.05) is 25.3 Å². The van der Waals surface area contributed by atoms with Gasteiger partial charge >= 0.3 is 0 Å². The molecule has 0 spiro atoms. The van der Waals surface area contributed by atoms with Gasteiger partial charge in [-0.2, -0.15) is 0 Å². The predicted octanol–water partition coefficient (Wildman–Crippen LogP) is 3.84. The third-order valence-electron chi connectivity index (χ3n) is 3.44. The Hall–Kier alpha value is -0.920. The van der Waals surface area contributed by atoms with E-state index in [1.807, 2.05) is 6.08 Å². The largest absolute Gasteiger partial charge is 0.300 e. The van der Waals surface area contributed by atoms with Crippen molar-refractivity contribution in [3.63, 3.8) is 0 Å². The van der Waals surface area contributed by atoms with Crippen molar-refractivity contribution in [2.75, 3.05) is 0 Å². The van der Waals surface area contributed by atoms with Crippen molar-refractivity contribution < 1.29 is 9.59 Å². The van der Waals surface area contributed by atoms with E-state index in [9.17, 15) is 9.59 Å². The first-order chi connectivity index (χ1) is 8.20. The average molecular weight is 236 g/mol. The molecule has 0 aromatic heterocycles. The molecule has 0 aromatic rings. The zero-order valence-corrected chi connectivity index (χ0v) is 10.9. The Morgan fingerprint density at radius 3 is 2.47 bits per heavy atom. The normalized spacial score (nSPS) is 17.5. The maximum absolute atomic E-state index is 11.8. The van der Waals surface area contributed by atoms with Crippen molar-refractivity contribution in [3.05, 3.63) is 12.2 Å². The lowest BCUT2D eigenvalue weighted by atomic mass is 9.86. The van der Waals surface area contributed by atoms with Gasteiger partial charge in [0.2, 0.25) is 0 Å². The second-order valence-corrected chi connectivity index (χ2v) is 5.09. The molecule has 96 valence electrons. The Labute approximate surface area is 104 Å². The molecule has 2 heteroatoms. The van der Waals surface area contributed by atoms with Crippen LogP contribution in [0.5, 0.6) is 0 Å². The summed E-state index contributed by atoms with van der Waals surface area (Å²) in [6.07, 6.45) is 13.2. The van der Waals surface area contributed by atoms with E-state index in [0.29, 0.717) is 12.2 Å². The van der Waals surface area contributed by atoms with Crippen molar-refractivity contribution in [1.29, 1.82) is 0 Å². The number of Topliss-reactive ketones (excluding diaryl/α,β-unsaturated/α-hetero) is 1. The van der Waals surface area contributed by atoms with E-state index >= 15 is 0 Å². The fourth-order valence-corrected chi connectivity index (χ4v) is 2.36. The maximum atomic E-state index is 11.8. The van der Waals surface area contributed by atoms with Crippen molar-refractivity contribution >= 4 is 11.6 Å². The molecule has 1 rings (SSSR count). The van der Waals surface area contributed by atoms with Crippen LogP contribution in [0.15, 0.2) is 12.2 Å². The van der Waals surface area contributed by atoms with Gasteiger partial charge in [-0.15, -0.1) is 0 Å². The zero-order valence-electron chi connectivity index (χ0n) is 10.9. The van der Waals surface area contributed by atoms with Crippen LogP contribution >= 0.6 is 0 Å². The van der Waals surface area contributed by atoms with Crippen LogP contribution in [0, 0.1) is 5.92 Å². The molecule has 0 aromatic carbocycles. The Balaban J connectivity index is 2.10. The second kappa shape index (κ2) is 8.21. The summed E-state index contributed by atoms with van der Waals surface area (Å²) in [5, 5.41) is 0. The number of carbonyl (C=O) groups is 2. The molecular formula is C15H24O2. The Morgan fingerprint density at radius 2 is 1.82 bits per heavy atom. The summed E-state index contributed by atoms with van der Waals surface area (Å²) in [6.45, 7) is 1.63. The lowest BCUT2D eigenvalue weighted by Gasteiger charge is -2.18. The van der Waals surface area contributed by atoms with E-state index in [1.165, 1.54) is 19.3 Å². The molecule has 2 nitrogen and oxygen atoms in total. The van der Waals surface area contributed by atoms with Crippen LogP contribution in [0.2, 0.25) is 0 Å². The summed E-state index contributed by atoms with van der Waals surface area (Å²) in [7, 11) is 0. The lowest BCUT2D eigenvalue weighted by molar-refractivity contribution is -0.119. The van der Waals surface area contributed by atoms with Crippen molar-refractivity contribution in [1.82, 2.24) is 0 Å². The van der Waals surface area contributed by atoms with Gasteiger partial charge in [0.25, 0.3) is 0 Å². The Bertz CT molecular complexity index is 273. The molecule has 1 fully saturated rings. The van der Waals surface area contributed by atoms with Crippen LogP contribution < -0.4 is 0 Å². The van der Waals surface area contributed by atoms with Gasteiger partial charge in [0, 0.05) is 12.3 Å². The first-order valence-corrected chi connectivity index (χ1v) is 6.90. The summed E-state index contributed by atoms with van der Waals surface area (Å²) in [4.78, 5) is 22.5. The monoisotopic (exact) mass is 236 g/mol. The lowest BCUT2D eigenvalue weighted by Crippen LogP contribution is -2.15. The van der Waals surface area contributed by atoms with Gasteiger partial charge in [-0.3, -0.25) is 4.79 Å². The van der Waals surface area contributed by atoms with E-state index in [2.05, 4.69) is 0 Å². The van der Waals surface area contributed by atoms with Crippen molar-refractivity contribution in [2.24, 2.45) is 5.92 Å². The first-order valence-electron chi connectivity index (χ1n) is 6.90. The molecule has 1 aliphatic carbocycles. The van der Waals surface area contributed by atoms with E-state index in [0.717, 1.165) is 32.1 Å². The minimum Gasteiger partial charge on any atom is -0.300 e. The van der Waals surface area contributed by atoms with Crippen molar-refractivity contribution in [3.8, 4) is 0 Å². The van der Waals surface area contributed by atoms with Crippen LogP contribution in [0.1, 0.15) is 64.7 Å². The Morgan fingerprint density at radius 1 is 1.12 bits per heavy atom. The molecule has 0 heterocycles. The summed E-state index contributed by atoms with van der Waals surface area (Å²) >= 11 is 0. The highest BCUT2D eigenvalue weighted by Crippen LogP contribution is 2.24. The third kappa shape index (κ3) is 6.40. The maximum Gasteiger partial charge on any atom is 0.158 e. The Kier molecular flexibility index (Phi) is 6.83. The van der Waals surface area contributed by atoms with Gasteiger partial charge in [0.05, 0.1) is 0 Å². The van der Waals surface area contributed by atoms with E-state index in [1.54, 1.807) is 13.0 Å². The second-order valence-electron chi connectivity index (χ2n) is 5.09. The van der Waals surface area contributed by atoms with Gasteiger partial charge in [-0.25, -0.2) is 0 Å². The molecule has 0 saturated heterocycles. The predicted molar refractivity (Wildman–Crippen MR) is 69.9 cm³/mol. The van der Waals surface area contributed by atoms with Crippen LogP contribution in [0.3, 0.4) is 0 Å². The third-order valence-corrected chi connectivity index (χ3v) is 3.44. The van der Waals surface area contributed by atoms with Gasteiger partial charge in [0.15, 0.2) is 5.78 Å². The van der Waals surface area contributed by atoms with Gasteiger partial charge in [-0.05, 0) is 45.1 Å². The van der Waals surface area contributed by atoms with E-state index < -0.39 is 0 Å². The van der Waals surface area contributed by atoms with E-state index in [4.69, 9.17) is 0 Å². The molecule has 0 radical (unpaired) electrons. The standard InChI is InChI=1S/C15H24O2/c1-13(16)9-5-2-3-8-12-15(17)14-10-6-4-7-11-14/h8,12,14H,2-7,9-11H2,1H3/b12-8+. The van der Waals surface area contributed by atoms with Crippen LogP contribution in [-0.2, 0) is 9.59 Å². The average Bonchev–Trinajstić information content (AvgIpc) is 2.34. The van der Waals surface area contributed by atoms with Crippen LogP contribution in [0.4, 0.5) is 0 Å². The van der Waals surface area contributed by atoms with Gasteiger partial charge < -0.3 is 4.79 Å². The molecule has 1 saturated carbocycles. The molecule has 0 N–H and O–H groups in total. The minimum atomic E-state index is 0.257. The summed E-state index contributed by atoms with van der Waals surface area (Å²) < 4.78 is 0. The first kappa shape index (κ1) is 14.1. The number of ketones is 2. The van der Waals surface area contributed by atoms with Crippen LogP contribution in [0.25, 0.3) is 0 Å². The SMILES string of the molecule is CC(=O)CCCC/C=C/C(=O)C1CCCCC1. The number of allylic oxidation sites excluding steroid dienone is 2. The molecule has 0 amide bonds. The number of carbonyl (C=O) groups excluding carboxylic acids is 2. The quantitative estimate of drug-likeness (QED) is 0.497. The molecular weight excluding hydrogens is 212 g/mol. The highest BCUT2D eigenvalue weighted by molar-refractivity contribution is 5.91. The van der Waals surface area contributed by atoms with E-state index in [-0.39, 0.29) is 11.7 Å². The molecule has 0 aliphatic heterocycles. The molecule has 0 atom stereocenters. The molecule has 0 bridgehead atoms. The number of hydrogen-bond donors (Lipinski definition) is 0. The zero-order chi connectivity index (χ0) is 12.5. The summed E-state index contributed by atoms with van der Waals surface area (Å²) in [5.41, 5.74) is 0. The highest BCUT2D eigenvalue weighted by atomic mass is 16.1. The fraction of sp³-hybridized carbons (Fsp3) is 0.733. The summed E-state index contributed by atoms with van der Waals surface area (Å²) in [6, 6.07) is 0. The summed E-state index contributed by atoms with van der Waals surface area (Å²) in [5.74, 6) is 0.862. The number of unbranched alkanes of at least 4 members (excludes halogenated alkanes) is 2. The number of hydrogen-bond acceptors (Lipinski definition) is 2. The minimum absolute atomic E-state index is 0.257. The fourth-order valence-electron chi connectivity index (χ4n) is 2.36. The van der Waals surface area contributed by atoms with Crippen LogP contribution in [-0.4, -0.2) is 11.6 Å². The van der Waals surface area contributed by atoms with Crippen molar-refractivity contribution in [2.45, 2.75) is 64.7 Å². The highest BCUT2D eigenvalue weighted by Gasteiger charge is 2.18. The van der Waals surface area contributed by atoms with Gasteiger partial charge in [0.1, 0.15) is 5.78 Å². The topological polar surface area (TPSA) is 34.1 Å². The smallest absolute Gasteiger partial charge is 0.158 e. The number of rotatable bonds is 7. The molecule has 17 heavy (non-hydrogen) atoms. The molecule has 1 aliphatic rings. The molecule has 0 unspecified atom stereocenters.